The van der Waals surface area contributed by atoms with Crippen LogP contribution in [-0.4, -0.2) is 45.1 Å². The number of carbonyl (C=O) groups is 1. The Kier molecular flexibility index (Phi) is 8.61. The monoisotopic (exact) mass is 507 g/mol. The van der Waals surface area contributed by atoms with E-state index in [-0.39, 0.29) is 6.54 Å². The number of rotatable bonds is 10. The maximum Gasteiger partial charge on any atom is 0.241 e. The van der Waals surface area contributed by atoms with E-state index < -0.39 is 15.9 Å². The zero-order chi connectivity index (χ0) is 25.4. The first-order valence-corrected chi connectivity index (χ1v) is 14.1. The summed E-state index contributed by atoms with van der Waals surface area (Å²) in [7, 11) is -3.74. The van der Waals surface area contributed by atoms with Crippen molar-refractivity contribution in [2.24, 2.45) is 0 Å². The molecule has 36 heavy (non-hydrogen) atoms. The highest BCUT2D eigenvalue weighted by molar-refractivity contribution is 7.92. The molecule has 0 saturated carbocycles. The number of sulfonamides is 1. The first-order valence-electron chi connectivity index (χ1n) is 12.2. The minimum atomic E-state index is -3.74. The number of anilines is 1. The van der Waals surface area contributed by atoms with Gasteiger partial charge in [0.05, 0.1) is 11.9 Å². The van der Waals surface area contributed by atoms with Crippen molar-refractivity contribution in [3.05, 3.63) is 90.0 Å². The summed E-state index contributed by atoms with van der Waals surface area (Å²) < 4.78 is 32.3. The molecule has 0 spiro atoms. The van der Waals surface area contributed by atoms with Gasteiger partial charge in [0.25, 0.3) is 0 Å². The number of likely N-dealkylation sites (tertiary alicyclic amines) is 1. The van der Waals surface area contributed by atoms with E-state index in [1.165, 1.54) is 24.8 Å². The minimum Gasteiger partial charge on any atom is -0.455 e. The number of nitrogens with one attached hydrogen (secondary N) is 1. The summed E-state index contributed by atoms with van der Waals surface area (Å²) in [6.07, 6.45) is 4.92. The lowest BCUT2D eigenvalue weighted by molar-refractivity contribution is -0.119. The van der Waals surface area contributed by atoms with Crippen LogP contribution in [0, 0.1) is 0 Å². The molecule has 0 aliphatic carbocycles. The number of benzene rings is 3. The van der Waals surface area contributed by atoms with E-state index in [1.807, 2.05) is 30.3 Å². The summed E-state index contributed by atoms with van der Waals surface area (Å²) in [6.45, 7) is 3.21. The van der Waals surface area contributed by atoms with Crippen LogP contribution in [0.1, 0.15) is 30.4 Å². The molecule has 3 aromatic rings. The fourth-order valence-electron chi connectivity index (χ4n) is 4.27. The zero-order valence-electron chi connectivity index (χ0n) is 20.6. The van der Waals surface area contributed by atoms with Crippen LogP contribution in [0.4, 0.5) is 5.69 Å². The quantitative estimate of drug-likeness (QED) is 0.436. The molecule has 1 heterocycles. The Balaban J connectivity index is 1.38. The molecule has 0 atom stereocenters. The van der Waals surface area contributed by atoms with Gasteiger partial charge in [0, 0.05) is 13.1 Å². The Labute approximate surface area is 213 Å². The summed E-state index contributed by atoms with van der Waals surface area (Å²) in [5, 5.41) is 2.85. The van der Waals surface area contributed by atoms with E-state index in [1.54, 1.807) is 36.4 Å². The smallest absolute Gasteiger partial charge is 0.241 e. The molecule has 1 fully saturated rings. The summed E-state index contributed by atoms with van der Waals surface area (Å²) in [5.41, 5.74) is 2.52. The SMILES string of the molecule is CS(=O)(=O)N(CC(=O)NCc1ccc(CN2CCCCC2)cc1)c1ccccc1Oc1ccccc1. The van der Waals surface area contributed by atoms with E-state index in [4.69, 9.17) is 4.74 Å². The van der Waals surface area contributed by atoms with Crippen molar-refractivity contribution in [2.45, 2.75) is 32.4 Å². The average molecular weight is 508 g/mol. The lowest BCUT2D eigenvalue weighted by Crippen LogP contribution is -2.40. The summed E-state index contributed by atoms with van der Waals surface area (Å²) in [6, 6.07) is 24.1. The van der Waals surface area contributed by atoms with Gasteiger partial charge >= 0.3 is 0 Å². The number of amides is 1. The normalized spacial score (nSPS) is 14.2. The number of ether oxygens (including phenoxy) is 1. The van der Waals surface area contributed by atoms with Crippen LogP contribution in [-0.2, 0) is 27.9 Å². The van der Waals surface area contributed by atoms with Crippen LogP contribution < -0.4 is 14.4 Å². The molecule has 1 saturated heterocycles. The molecule has 0 bridgehead atoms. The van der Waals surface area contributed by atoms with Gasteiger partial charge in [0.1, 0.15) is 12.3 Å². The first-order chi connectivity index (χ1) is 17.4. The van der Waals surface area contributed by atoms with Gasteiger partial charge < -0.3 is 10.1 Å². The van der Waals surface area contributed by atoms with Gasteiger partial charge in [-0.2, -0.15) is 0 Å². The average Bonchev–Trinajstić information content (AvgIpc) is 2.88. The van der Waals surface area contributed by atoms with E-state index in [2.05, 4.69) is 22.3 Å². The van der Waals surface area contributed by atoms with Gasteiger partial charge in [-0.25, -0.2) is 8.42 Å². The molecule has 7 nitrogen and oxygen atoms in total. The Morgan fingerprint density at radius 2 is 1.53 bits per heavy atom. The highest BCUT2D eigenvalue weighted by atomic mass is 32.2. The second kappa shape index (κ2) is 12.1. The largest absolute Gasteiger partial charge is 0.455 e. The number of para-hydroxylation sites is 3. The van der Waals surface area contributed by atoms with Crippen molar-refractivity contribution >= 4 is 21.6 Å². The third kappa shape index (κ3) is 7.32. The number of piperidine rings is 1. The zero-order valence-corrected chi connectivity index (χ0v) is 21.4. The maximum absolute atomic E-state index is 12.8. The lowest BCUT2D eigenvalue weighted by atomic mass is 10.1. The van der Waals surface area contributed by atoms with Gasteiger partial charge in [-0.15, -0.1) is 0 Å². The molecule has 1 aliphatic rings. The van der Waals surface area contributed by atoms with Gasteiger partial charge in [-0.1, -0.05) is 61.0 Å². The second-order valence-corrected chi connectivity index (χ2v) is 11.0. The maximum atomic E-state index is 12.8. The van der Waals surface area contributed by atoms with Crippen molar-refractivity contribution in [1.29, 1.82) is 0 Å². The molecule has 0 radical (unpaired) electrons. The molecule has 1 N–H and O–H groups in total. The third-order valence-electron chi connectivity index (χ3n) is 6.16. The molecular formula is C28H33N3O4S. The predicted octanol–water partition coefficient (Wildman–Crippen LogP) is 4.55. The fraction of sp³-hybridized carbons (Fsp3) is 0.321. The topological polar surface area (TPSA) is 79.0 Å². The second-order valence-electron chi connectivity index (χ2n) is 9.08. The van der Waals surface area contributed by atoms with E-state index in [0.717, 1.165) is 35.8 Å². The standard InChI is InChI=1S/C28H33N3O4S/c1-36(33,34)31(26-12-6-7-13-27(26)35-25-10-4-2-5-11-25)22-28(32)29-20-23-14-16-24(17-15-23)21-30-18-8-3-9-19-30/h2,4-7,10-17H,3,8-9,18-22H2,1H3,(H,29,32). The Morgan fingerprint density at radius 3 is 2.22 bits per heavy atom. The molecule has 0 unspecified atom stereocenters. The molecule has 0 aromatic heterocycles. The Morgan fingerprint density at radius 1 is 0.889 bits per heavy atom. The van der Waals surface area contributed by atoms with Crippen molar-refractivity contribution in [1.82, 2.24) is 10.2 Å². The lowest BCUT2D eigenvalue weighted by Gasteiger charge is -2.26. The number of nitrogens with zero attached hydrogens (tertiary/aromatic N) is 2. The predicted molar refractivity (Wildman–Crippen MR) is 143 cm³/mol. The summed E-state index contributed by atoms with van der Waals surface area (Å²) in [4.78, 5) is 15.3. The van der Waals surface area contributed by atoms with E-state index in [0.29, 0.717) is 23.7 Å². The summed E-state index contributed by atoms with van der Waals surface area (Å²) >= 11 is 0. The Hall–Kier alpha value is -3.36. The number of hydrogen-bond acceptors (Lipinski definition) is 5. The van der Waals surface area contributed by atoms with Crippen LogP contribution >= 0.6 is 0 Å². The van der Waals surface area contributed by atoms with Crippen molar-refractivity contribution in [3.63, 3.8) is 0 Å². The van der Waals surface area contributed by atoms with Gasteiger partial charge in [0.15, 0.2) is 5.75 Å². The molecule has 190 valence electrons. The Bertz CT molecular complexity index is 1240. The summed E-state index contributed by atoms with van der Waals surface area (Å²) in [5.74, 6) is 0.533. The van der Waals surface area contributed by atoms with Crippen molar-refractivity contribution < 1.29 is 17.9 Å². The highest BCUT2D eigenvalue weighted by Gasteiger charge is 2.24. The van der Waals surface area contributed by atoms with E-state index in [9.17, 15) is 13.2 Å². The van der Waals surface area contributed by atoms with Crippen LogP contribution in [0.15, 0.2) is 78.9 Å². The first kappa shape index (κ1) is 25.7. The van der Waals surface area contributed by atoms with Crippen LogP contribution in [0.3, 0.4) is 0 Å². The van der Waals surface area contributed by atoms with Gasteiger partial charge in [-0.3, -0.25) is 14.0 Å². The molecule has 8 heteroatoms. The molecular weight excluding hydrogens is 474 g/mol. The highest BCUT2D eigenvalue weighted by Crippen LogP contribution is 2.33. The molecule has 4 rings (SSSR count). The number of hydrogen-bond donors (Lipinski definition) is 1. The van der Waals surface area contributed by atoms with Crippen molar-refractivity contribution in [3.8, 4) is 11.5 Å². The van der Waals surface area contributed by atoms with Crippen LogP contribution in [0.5, 0.6) is 11.5 Å². The fourth-order valence-corrected chi connectivity index (χ4v) is 5.13. The van der Waals surface area contributed by atoms with Gasteiger partial charge in [-0.05, 0) is 61.3 Å². The number of carbonyl (C=O) groups excluding carboxylic acids is 1. The van der Waals surface area contributed by atoms with E-state index >= 15 is 0 Å². The van der Waals surface area contributed by atoms with Crippen LogP contribution in [0.2, 0.25) is 0 Å². The van der Waals surface area contributed by atoms with Crippen molar-refractivity contribution in [2.75, 3.05) is 30.2 Å². The molecule has 1 amide bonds. The minimum absolute atomic E-state index is 0.307. The molecule has 1 aliphatic heterocycles. The van der Waals surface area contributed by atoms with Gasteiger partial charge in [0.2, 0.25) is 15.9 Å². The third-order valence-corrected chi connectivity index (χ3v) is 7.29. The molecule has 3 aromatic carbocycles. The van der Waals surface area contributed by atoms with Crippen LogP contribution in [0.25, 0.3) is 0 Å².